The number of amides is 1. The van der Waals surface area contributed by atoms with Crippen molar-refractivity contribution in [2.45, 2.75) is 18.4 Å². The fraction of sp³-hybridized carbons (Fsp3) is 0.143. The van der Waals surface area contributed by atoms with Crippen LogP contribution in [0.4, 0.5) is 10.2 Å². The largest absolute Gasteiger partial charge is 0.355 e. The molecule has 0 atom stereocenters. The van der Waals surface area contributed by atoms with Gasteiger partial charge in [-0.2, -0.15) is 0 Å². The van der Waals surface area contributed by atoms with Crippen LogP contribution in [-0.4, -0.2) is 26.4 Å². The van der Waals surface area contributed by atoms with Crippen molar-refractivity contribution < 1.29 is 17.6 Å². The highest BCUT2D eigenvalue weighted by Gasteiger charge is 2.19. The van der Waals surface area contributed by atoms with E-state index in [0.717, 1.165) is 11.1 Å². The van der Waals surface area contributed by atoms with Gasteiger partial charge < -0.3 is 4.90 Å². The molecule has 0 saturated heterocycles. The van der Waals surface area contributed by atoms with E-state index in [1.54, 1.807) is 54.4 Å². The molecular formula is C21H20FN3O3S. The number of pyridine rings is 1. The lowest BCUT2D eigenvalue weighted by Gasteiger charge is -2.18. The van der Waals surface area contributed by atoms with Crippen LogP contribution in [0.25, 0.3) is 0 Å². The third-order valence-electron chi connectivity index (χ3n) is 4.30. The molecule has 0 aliphatic carbocycles. The van der Waals surface area contributed by atoms with Crippen molar-refractivity contribution in [2.24, 2.45) is 0 Å². The molecule has 1 amide bonds. The summed E-state index contributed by atoms with van der Waals surface area (Å²) in [4.78, 5) is 18.1. The number of carbonyl (C=O) groups excluding carboxylic acids is 1. The van der Waals surface area contributed by atoms with E-state index in [1.807, 2.05) is 11.6 Å². The molecule has 3 rings (SSSR count). The molecule has 29 heavy (non-hydrogen) atoms. The second kappa shape index (κ2) is 8.40. The summed E-state index contributed by atoms with van der Waals surface area (Å²) in [7, 11) is -2.26. The van der Waals surface area contributed by atoms with E-state index in [9.17, 15) is 17.6 Å². The number of nitrogens with zero attached hydrogens (tertiary/aromatic N) is 2. The molecule has 150 valence electrons. The first-order valence-electron chi connectivity index (χ1n) is 8.80. The standard InChI is InChI=1S/C21H20FN3O3S/c1-15-3-7-17(8-4-15)21(26)24-29(27,28)19-11-12-20(23-13-19)25(2)14-16-5-9-18(22)10-6-16/h3-13H,14H2,1-2H3,(H,24,26). The minimum absolute atomic E-state index is 0.114. The van der Waals surface area contributed by atoms with Crippen molar-refractivity contribution in [1.29, 1.82) is 0 Å². The van der Waals surface area contributed by atoms with Gasteiger partial charge in [-0.25, -0.2) is 22.5 Å². The average Bonchev–Trinajstić information content (AvgIpc) is 2.70. The number of hydrogen-bond acceptors (Lipinski definition) is 5. The molecule has 0 unspecified atom stereocenters. The van der Waals surface area contributed by atoms with Crippen LogP contribution in [0.3, 0.4) is 0 Å². The third kappa shape index (κ3) is 5.17. The van der Waals surface area contributed by atoms with Gasteiger partial charge in [-0.05, 0) is 48.9 Å². The van der Waals surface area contributed by atoms with Gasteiger partial charge in [0.05, 0.1) is 0 Å². The van der Waals surface area contributed by atoms with Gasteiger partial charge in [-0.15, -0.1) is 0 Å². The molecule has 3 aromatic rings. The molecule has 1 N–H and O–H groups in total. The zero-order valence-corrected chi connectivity index (χ0v) is 16.8. The van der Waals surface area contributed by atoms with E-state index in [0.29, 0.717) is 12.4 Å². The van der Waals surface area contributed by atoms with Crippen LogP contribution in [0.15, 0.2) is 71.8 Å². The Morgan fingerprint density at radius 2 is 1.69 bits per heavy atom. The Labute approximate surface area is 169 Å². The minimum atomic E-state index is -4.05. The molecule has 1 aromatic heterocycles. The van der Waals surface area contributed by atoms with Crippen molar-refractivity contribution >= 4 is 21.7 Å². The van der Waals surface area contributed by atoms with E-state index < -0.39 is 15.9 Å². The summed E-state index contributed by atoms with van der Waals surface area (Å²) in [5.41, 5.74) is 2.11. The van der Waals surface area contributed by atoms with Crippen LogP contribution >= 0.6 is 0 Å². The molecule has 6 nitrogen and oxygen atoms in total. The number of hydrogen-bond donors (Lipinski definition) is 1. The maximum absolute atomic E-state index is 13.0. The predicted molar refractivity (Wildman–Crippen MR) is 109 cm³/mol. The van der Waals surface area contributed by atoms with Crippen LogP contribution in [-0.2, 0) is 16.6 Å². The van der Waals surface area contributed by atoms with Crippen LogP contribution < -0.4 is 9.62 Å². The second-order valence-electron chi connectivity index (χ2n) is 6.64. The second-order valence-corrected chi connectivity index (χ2v) is 8.32. The lowest BCUT2D eigenvalue weighted by molar-refractivity contribution is 0.0981. The van der Waals surface area contributed by atoms with Crippen molar-refractivity contribution in [3.63, 3.8) is 0 Å². The highest BCUT2D eigenvalue weighted by atomic mass is 32.2. The van der Waals surface area contributed by atoms with E-state index in [2.05, 4.69) is 4.98 Å². The van der Waals surface area contributed by atoms with Crippen LogP contribution in [0.1, 0.15) is 21.5 Å². The normalized spacial score (nSPS) is 11.1. The lowest BCUT2D eigenvalue weighted by atomic mass is 10.1. The number of anilines is 1. The first-order valence-corrected chi connectivity index (χ1v) is 10.3. The molecule has 0 aliphatic heterocycles. The molecule has 8 heteroatoms. The van der Waals surface area contributed by atoms with Crippen molar-refractivity contribution in [3.8, 4) is 0 Å². The summed E-state index contributed by atoms with van der Waals surface area (Å²) in [6.07, 6.45) is 1.20. The monoisotopic (exact) mass is 413 g/mol. The number of aryl methyl sites for hydroxylation is 1. The molecule has 0 saturated carbocycles. The highest BCUT2D eigenvalue weighted by molar-refractivity contribution is 7.90. The number of aromatic nitrogens is 1. The van der Waals surface area contributed by atoms with Crippen LogP contribution in [0.5, 0.6) is 0 Å². The number of halogens is 1. The Morgan fingerprint density at radius 1 is 1.03 bits per heavy atom. The van der Waals surface area contributed by atoms with Crippen molar-refractivity contribution in [1.82, 2.24) is 9.71 Å². The first-order chi connectivity index (χ1) is 13.7. The number of carbonyl (C=O) groups is 1. The highest BCUT2D eigenvalue weighted by Crippen LogP contribution is 2.16. The van der Waals surface area contributed by atoms with Gasteiger partial charge in [0, 0.05) is 25.4 Å². The van der Waals surface area contributed by atoms with Crippen LogP contribution in [0.2, 0.25) is 0 Å². The summed E-state index contributed by atoms with van der Waals surface area (Å²) < 4.78 is 40.0. The molecular weight excluding hydrogens is 393 g/mol. The minimum Gasteiger partial charge on any atom is -0.355 e. The van der Waals surface area contributed by atoms with Crippen LogP contribution in [0, 0.1) is 12.7 Å². The third-order valence-corrected chi connectivity index (χ3v) is 5.61. The Morgan fingerprint density at radius 3 is 2.28 bits per heavy atom. The number of nitrogens with one attached hydrogen (secondary N) is 1. The van der Waals surface area contributed by atoms with Crippen molar-refractivity contribution in [3.05, 3.63) is 89.4 Å². The van der Waals surface area contributed by atoms with E-state index in [1.165, 1.54) is 24.4 Å². The van der Waals surface area contributed by atoms with E-state index in [4.69, 9.17) is 0 Å². The average molecular weight is 413 g/mol. The summed E-state index contributed by atoms with van der Waals surface area (Å²) in [5, 5.41) is 0. The van der Waals surface area contributed by atoms with Gasteiger partial charge in [0.15, 0.2) is 0 Å². The van der Waals surface area contributed by atoms with Gasteiger partial charge in [0.25, 0.3) is 15.9 Å². The summed E-state index contributed by atoms with van der Waals surface area (Å²) >= 11 is 0. The van der Waals surface area contributed by atoms with E-state index >= 15 is 0 Å². The zero-order valence-electron chi connectivity index (χ0n) is 16.0. The van der Waals surface area contributed by atoms with Gasteiger partial charge in [-0.1, -0.05) is 29.8 Å². The number of sulfonamides is 1. The summed E-state index contributed by atoms with van der Waals surface area (Å²) in [5.74, 6) is -0.475. The molecule has 0 bridgehead atoms. The van der Waals surface area contributed by atoms with Gasteiger partial charge in [0.1, 0.15) is 16.5 Å². The molecule has 1 heterocycles. The molecule has 2 aromatic carbocycles. The SMILES string of the molecule is Cc1ccc(C(=O)NS(=O)(=O)c2ccc(N(C)Cc3ccc(F)cc3)nc2)cc1. The number of benzene rings is 2. The summed E-state index contributed by atoms with van der Waals surface area (Å²) in [6.45, 7) is 2.35. The predicted octanol–water partition coefficient (Wildman–Crippen LogP) is 3.28. The van der Waals surface area contributed by atoms with Gasteiger partial charge in [0.2, 0.25) is 0 Å². The topological polar surface area (TPSA) is 79.4 Å². The fourth-order valence-electron chi connectivity index (χ4n) is 2.65. The molecule has 0 radical (unpaired) electrons. The number of rotatable bonds is 6. The maximum atomic E-state index is 13.0. The Hall–Kier alpha value is -3.26. The Kier molecular flexibility index (Phi) is 5.93. The van der Waals surface area contributed by atoms with Crippen molar-refractivity contribution in [2.75, 3.05) is 11.9 Å². The zero-order chi connectivity index (χ0) is 21.0. The fourth-order valence-corrected chi connectivity index (χ4v) is 3.57. The first kappa shape index (κ1) is 20.5. The smallest absolute Gasteiger partial charge is 0.265 e. The van der Waals surface area contributed by atoms with Gasteiger partial charge in [-0.3, -0.25) is 4.79 Å². The quantitative estimate of drug-likeness (QED) is 0.671. The van der Waals surface area contributed by atoms with E-state index in [-0.39, 0.29) is 16.3 Å². The lowest BCUT2D eigenvalue weighted by Crippen LogP contribution is -2.30. The summed E-state index contributed by atoms with van der Waals surface area (Å²) in [6, 6.07) is 15.6. The Bertz CT molecular complexity index is 1100. The Balaban J connectivity index is 1.70. The molecule has 0 spiro atoms. The van der Waals surface area contributed by atoms with Gasteiger partial charge >= 0.3 is 0 Å². The molecule has 0 aliphatic rings. The molecule has 0 fully saturated rings. The maximum Gasteiger partial charge on any atom is 0.265 e.